The van der Waals surface area contributed by atoms with Crippen LogP contribution in [-0.2, 0) is 4.79 Å². The largest absolute Gasteiger partial charge is 0.341 e. The highest BCUT2D eigenvalue weighted by molar-refractivity contribution is 7.99. The van der Waals surface area contributed by atoms with E-state index in [1.54, 1.807) is 0 Å². The van der Waals surface area contributed by atoms with Gasteiger partial charge in [0.2, 0.25) is 0 Å². The van der Waals surface area contributed by atoms with E-state index in [2.05, 4.69) is 22.5 Å². The molecule has 2 aliphatic heterocycles. The van der Waals surface area contributed by atoms with Gasteiger partial charge in [-0.2, -0.15) is 11.8 Å². The molecule has 1 amide bonds. The fourth-order valence-corrected chi connectivity index (χ4v) is 3.45. The van der Waals surface area contributed by atoms with Gasteiger partial charge in [-0.05, 0) is 18.6 Å². The van der Waals surface area contributed by atoms with Crippen LogP contribution in [0, 0.1) is 5.92 Å². The van der Waals surface area contributed by atoms with Crippen molar-refractivity contribution >= 4 is 23.6 Å². The second-order valence-electron chi connectivity index (χ2n) is 3.79. The van der Waals surface area contributed by atoms with E-state index < -0.39 is 5.54 Å². The minimum atomic E-state index is -0.390. The Hall–Kier alpha value is -0.710. The van der Waals surface area contributed by atoms with Crippen LogP contribution in [0.4, 0.5) is 0 Å². The molecule has 2 N–H and O–H groups in total. The summed E-state index contributed by atoms with van der Waals surface area (Å²) < 4.78 is 0. The Morgan fingerprint density at radius 2 is 2.50 bits per heavy atom. The Kier molecular flexibility index (Phi) is 2.43. The maximum atomic E-state index is 11.8. The fourth-order valence-electron chi connectivity index (χ4n) is 1.89. The minimum Gasteiger partial charge on any atom is -0.341 e. The number of guanidine groups is 1. The molecule has 4 nitrogen and oxygen atoms in total. The molecule has 0 bridgehead atoms. The van der Waals surface area contributed by atoms with Crippen LogP contribution in [0.1, 0.15) is 13.8 Å². The molecule has 2 aliphatic rings. The molecule has 0 aliphatic carbocycles. The van der Waals surface area contributed by atoms with E-state index in [0.717, 1.165) is 11.5 Å². The molecule has 2 saturated heterocycles. The van der Waals surface area contributed by atoms with Crippen LogP contribution in [0.2, 0.25) is 0 Å². The van der Waals surface area contributed by atoms with Gasteiger partial charge < -0.3 is 5.32 Å². The summed E-state index contributed by atoms with van der Waals surface area (Å²) in [5.74, 6) is 2.99. The lowest BCUT2D eigenvalue weighted by Crippen LogP contribution is -2.51. The van der Waals surface area contributed by atoms with Crippen LogP contribution in [0.5, 0.6) is 0 Å². The van der Waals surface area contributed by atoms with Gasteiger partial charge >= 0.3 is 0 Å². The first-order valence-electron chi connectivity index (χ1n) is 4.91. The quantitative estimate of drug-likeness (QED) is 0.654. The average Bonchev–Trinajstić information content (AvgIpc) is 2.62. The van der Waals surface area contributed by atoms with Crippen molar-refractivity contribution in [2.75, 3.05) is 18.1 Å². The summed E-state index contributed by atoms with van der Waals surface area (Å²) in [5.41, 5.74) is -0.390. The third kappa shape index (κ3) is 1.30. The molecule has 2 atom stereocenters. The molecule has 1 spiro atoms. The maximum absolute atomic E-state index is 11.8. The van der Waals surface area contributed by atoms with Gasteiger partial charge in [0.05, 0.1) is 0 Å². The topological polar surface area (TPSA) is 53.5 Å². The van der Waals surface area contributed by atoms with Gasteiger partial charge in [-0.25, -0.2) is 0 Å². The van der Waals surface area contributed by atoms with E-state index in [4.69, 9.17) is 0 Å². The number of carbonyl (C=O) groups excluding carboxylic acids is 1. The van der Waals surface area contributed by atoms with Crippen LogP contribution >= 0.6 is 11.8 Å². The number of aliphatic imine (C=N–C) groups is 1. The van der Waals surface area contributed by atoms with Crippen LogP contribution in [0.25, 0.3) is 0 Å². The van der Waals surface area contributed by atoms with Crippen molar-refractivity contribution in [3.63, 3.8) is 0 Å². The summed E-state index contributed by atoms with van der Waals surface area (Å²) in [6.07, 6.45) is 0. The Bertz CT molecular complexity index is 292. The Morgan fingerprint density at radius 3 is 3.07 bits per heavy atom. The third-order valence-corrected chi connectivity index (χ3v) is 4.23. The SMILES string of the molecule is CCN=C1NC(=O)C2(CSCC2C)N1. The smallest absolute Gasteiger partial charge is 0.253 e. The van der Waals surface area contributed by atoms with E-state index in [1.807, 2.05) is 18.7 Å². The molecule has 0 saturated carbocycles. The monoisotopic (exact) mass is 213 g/mol. The second-order valence-corrected chi connectivity index (χ2v) is 4.82. The summed E-state index contributed by atoms with van der Waals surface area (Å²) >= 11 is 1.82. The highest BCUT2D eigenvalue weighted by atomic mass is 32.2. The first-order valence-corrected chi connectivity index (χ1v) is 6.06. The zero-order valence-electron chi connectivity index (χ0n) is 8.46. The molecule has 2 unspecified atom stereocenters. The zero-order chi connectivity index (χ0) is 10.2. The molecule has 5 heteroatoms. The third-order valence-electron chi connectivity index (χ3n) is 2.83. The van der Waals surface area contributed by atoms with E-state index in [9.17, 15) is 4.79 Å². The van der Waals surface area contributed by atoms with Gasteiger partial charge in [0.1, 0.15) is 5.54 Å². The van der Waals surface area contributed by atoms with Gasteiger partial charge in [-0.3, -0.25) is 15.1 Å². The van der Waals surface area contributed by atoms with Crippen LogP contribution in [0.3, 0.4) is 0 Å². The molecule has 0 radical (unpaired) electrons. The molecule has 14 heavy (non-hydrogen) atoms. The van der Waals surface area contributed by atoms with Crippen molar-refractivity contribution in [3.8, 4) is 0 Å². The normalized spacial score (nSPS) is 39.1. The highest BCUT2D eigenvalue weighted by Crippen LogP contribution is 2.35. The summed E-state index contributed by atoms with van der Waals surface area (Å²) in [6.45, 7) is 4.76. The van der Waals surface area contributed by atoms with Crippen LogP contribution in [0.15, 0.2) is 4.99 Å². The summed E-state index contributed by atoms with van der Waals surface area (Å²) in [5, 5.41) is 6.04. The lowest BCUT2D eigenvalue weighted by atomic mass is 9.89. The molecule has 78 valence electrons. The van der Waals surface area contributed by atoms with Crippen molar-refractivity contribution in [3.05, 3.63) is 0 Å². The number of carbonyl (C=O) groups is 1. The second kappa shape index (κ2) is 3.46. The molecular formula is C9H15N3OS. The van der Waals surface area contributed by atoms with Gasteiger partial charge in [0.25, 0.3) is 5.91 Å². The number of rotatable bonds is 1. The maximum Gasteiger partial charge on any atom is 0.253 e. The number of hydrogen-bond acceptors (Lipinski definition) is 3. The van der Waals surface area contributed by atoms with Crippen molar-refractivity contribution < 1.29 is 4.79 Å². The lowest BCUT2D eigenvalue weighted by molar-refractivity contribution is -0.124. The first kappa shape index (κ1) is 9.83. The Labute approximate surface area is 87.9 Å². The van der Waals surface area contributed by atoms with Gasteiger partial charge in [0.15, 0.2) is 5.96 Å². The number of hydrogen-bond donors (Lipinski definition) is 2. The molecule has 0 aromatic heterocycles. The van der Waals surface area contributed by atoms with Crippen molar-refractivity contribution in [1.82, 2.24) is 10.6 Å². The van der Waals surface area contributed by atoms with Gasteiger partial charge in [-0.15, -0.1) is 0 Å². The van der Waals surface area contributed by atoms with Crippen molar-refractivity contribution in [2.24, 2.45) is 10.9 Å². The Balaban J connectivity index is 2.22. The van der Waals surface area contributed by atoms with Gasteiger partial charge in [0, 0.05) is 12.3 Å². The van der Waals surface area contributed by atoms with Gasteiger partial charge in [-0.1, -0.05) is 6.92 Å². The minimum absolute atomic E-state index is 0.0854. The van der Waals surface area contributed by atoms with E-state index in [0.29, 0.717) is 18.4 Å². The molecule has 0 aromatic rings. The predicted octanol–water partition coefficient (Wildman–Crippen LogP) is 0.203. The standard InChI is InChI=1S/C9H15N3OS/c1-3-10-8-11-7(13)9(12-8)5-14-4-6(9)2/h6H,3-5H2,1-2H3,(H2,10,11,12,13). The molecule has 2 heterocycles. The van der Waals surface area contributed by atoms with E-state index in [-0.39, 0.29) is 5.91 Å². The number of nitrogens with one attached hydrogen (secondary N) is 2. The molecular weight excluding hydrogens is 198 g/mol. The highest BCUT2D eigenvalue weighted by Gasteiger charge is 2.52. The summed E-state index contributed by atoms with van der Waals surface area (Å²) in [6, 6.07) is 0. The number of thioether (sulfide) groups is 1. The first-order chi connectivity index (χ1) is 6.69. The van der Waals surface area contributed by atoms with Crippen LogP contribution in [-0.4, -0.2) is 35.5 Å². The molecule has 2 rings (SSSR count). The summed E-state index contributed by atoms with van der Waals surface area (Å²) in [7, 11) is 0. The lowest BCUT2D eigenvalue weighted by Gasteiger charge is -2.24. The number of nitrogens with zero attached hydrogens (tertiary/aromatic N) is 1. The average molecular weight is 213 g/mol. The zero-order valence-corrected chi connectivity index (χ0v) is 9.28. The van der Waals surface area contributed by atoms with Crippen molar-refractivity contribution in [1.29, 1.82) is 0 Å². The van der Waals surface area contributed by atoms with E-state index in [1.165, 1.54) is 0 Å². The summed E-state index contributed by atoms with van der Waals surface area (Å²) in [4.78, 5) is 16.0. The molecule has 2 fully saturated rings. The predicted molar refractivity (Wildman–Crippen MR) is 58.5 cm³/mol. The van der Waals surface area contributed by atoms with Crippen LogP contribution < -0.4 is 10.6 Å². The van der Waals surface area contributed by atoms with E-state index >= 15 is 0 Å². The molecule has 0 aromatic carbocycles. The fraction of sp³-hybridized carbons (Fsp3) is 0.778. The Morgan fingerprint density at radius 1 is 1.71 bits per heavy atom. The van der Waals surface area contributed by atoms with Crippen molar-refractivity contribution in [2.45, 2.75) is 19.4 Å². The number of amides is 1.